The van der Waals surface area contributed by atoms with E-state index in [0.29, 0.717) is 23.3 Å². The molecule has 2 N–H and O–H groups in total. The van der Waals surface area contributed by atoms with E-state index in [2.05, 4.69) is 20.2 Å². The van der Waals surface area contributed by atoms with Crippen LogP contribution in [0.4, 0.5) is 5.95 Å². The van der Waals surface area contributed by atoms with Crippen molar-refractivity contribution in [2.45, 2.75) is 44.1 Å². The summed E-state index contributed by atoms with van der Waals surface area (Å²) < 4.78 is 0. The zero-order valence-electron chi connectivity index (χ0n) is 16.2. The molecule has 7 heteroatoms. The van der Waals surface area contributed by atoms with E-state index in [4.69, 9.17) is 0 Å². The fourth-order valence-electron chi connectivity index (χ4n) is 4.96. The number of aliphatic hydroxyl groups excluding tert-OH is 1. The van der Waals surface area contributed by atoms with Gasteiger partial charge in [0.15, 0.2) is 0 Å². The van der Waals surface area contributed by atoms with Gasteiger partial charge in [-0.15, -0.1) is 0 Å². The summed E-state index contributed by atoms with van der Waals surface area (Å²) in [6.07, 6.45) is 10.1. The topological polar surface area (TPSA) is 81.6 Å². The van der Waals surface area contributed by atoms with Crippen LogP contribution in [0, 0.1) is 11.8 Å². The van der Waals surface area contributed by atoms with Crippen molar-refractivity contribution >= 4 is 11.9 Å². The van der Waals surface area contributed by atoms with Crippen LogP contribution in [0.1, 0.15) is 48.9 Å². The van der Waals surface area contributed by atoms with Gasteiger partial charge in [0.05, 0.1) is 5.56 Å². The number of carbonyl (C=O) groups is 1. The molecule has 148 valence electrons. The highest BCUT2D eigenvalue weighted by Crippen LogP contribution is 2.48. The number of nitrogens with zero attached hydrogens (tertiary/aromatic N) is 4. The Kier molecular flexibility index (Phi) is 5.32. The van der Waals surface area contributed by atoms with Gasteiger partial charge in [-0.1, -0.05) is 0 Å². The summed E-state index contributed by atoms with van der Waals surface area (Å²) in [5, 5.41) is 12.9. The molecule has 27 heavy (non-hydrogen) atoms. The van der Waals surface area contributed by atoms with Crippen molar-refractivity contribution in [3.63, 3.8) is 0 Å². The number of nitrogens with one attached hydrogen (secondary N) is 1. The smallest absolute Gasteiger partial charge is 0.256 e. The van der Waals surface area contributed by atoms with Gasteiger partial charge in [-0.3, -0.25) is 4.79 Å². The lowest BCUT2D eigenvalue weighted by atomic mass is 9.73. The first kappa shape index (κ1) is 18.6. The largest absolute Gasteiger partial charge is 0.396 e. The molecule has 2 aliphatic heterocycles. The van der Waals surface area contributed by atoms with E-state index in [0.717, 1.165) is 58.3 Å². The number of hydrogen-bond acceptors (Lipinski definition) is 6. The Morgan fingerprint density at radius 1 is 1.30 bits per heavy atom. The lowest BCUT2D eigenvalue weighted by molar-refractivity contribution is 0.0762. The van der Waals surface area contributed by atoms with Crippen molar-refractivity contribution in [1.29, 1.82) is 0 Å². The van der Waals surface area contributed by atoms with Gasteiger partial charge in [0, 0.05) is 50.6 Å². The third-order valence-electron chi connectivity index (χ3n) is 6.69. The molecule has 1 unspecified atom stereocenters. The molecule has 1 aromatic heterocycles. The van der Waals surface area contributed by atoms with E-state index >= 15 is 0 Å². The van der Waals surface area contributed by atoms with E-state index in [9.17, 15) is 9.90 Å². The number of aromatic nitrogens is 2. The molecule has 1 amide bonds. The van der Waals surface area contributed by atoms with Crippen molar-refractivity contribution in [2.75, 3.05) is 44.7 Å². The summed E-state index contributed by atoms with van der Waals surface area (Å²) in [6, 6.07) is 0. The van der Waals surface area contributed by atoms with Crippen molar-refractivity contribution in [1.82, 2.24) is 20.2 Å². The van der Waals surface area contributed by atoms with Gasteiger partial charge in [0.1, 0.15) is 0 Å². The molecule has 1 atom stereocenters. The van der Waals surface area contributed by atoms with Crippen LogP contribution < -0.4 is 10.2 Å². The molecule has 1 aliphatic carbocycles. The second-order valence-corrected chi connectivity index (χ2v) is 8.59. The quantitative estimate of drug-likeness (QED) is 0.809. The van der Waals surface area contributed by atoms with Crippen molar-refractivity contribution < 1.29 is 9.90 Å². The van der Waals surface area contributed by atoms with Crippen LogP contribution in [0.3, 0.4) is 0 Å². The molecule has 4 rings (SSSR count). The lowest BCUT2D eigenvalue weighted by Crippen LogP contribution is -2.50. The predicted octanol–water partition coefficient (Wildman–Crippen LogP) is 1.29. The van der Waals surface area contributed by atoms with Gasteiger partial charge >= 0.3 is 0 Å². The minimum absolute atomic E-state index is 0.00639. The van der Waals surface area contributed by atoms with E-state index in [1.807, 2.05) is 7.05 Å². The molecule has 0 aromatic carbocycles. The number of rotatable bonds is 5. The molecule has 0 radical (unpaired) electrons. The van der Waals surface area contributed by atoms with Gasteiger partial charge in [-0.2, -0.15) is 0 Å². The Labute approximate surface area is 161 Å². The molecule has 0 bridgehead atoms. The summed E-state index contributed by atoms with van der Waals surface area (Å²) in [6.45, 7) is 3.89. The predicted molar refractivity (Wildman–Crippen MR) is 104 cm³/mol. The Bertz CT molecular complexity index is 655. The monoisotopic (exact) mass is 373 g/mol. The van der Waals surface area contributed by atoms with Crippen molar-refractivity contribution in [3.8, 4) is 0 Å². The lowest BCUT2D eigenvalue weighted by Gasteiger charge is -2.45. The highest BCUT2D eigenvalue weighted by Gasteiger charge is 2.50. The average Bonchev–Trinajstić information content (AvgIpc) is 3.09. The molecule has 3 fully saturated rings. The Balaban J connectivity index is 1.41. The van der Waals surface area contributed by atoms with E-state index < -0.39 is 0 Å². The van der Waals surface area contributed by atoms with Crippen LogP contribution in [0.2, 0.25) is 0 Å². The summed E-state index contributed by atoms with van der Waals surface area (Å²) in [5.41, 5.74) is 0.681. The maximum Gasteiger partial charge on any atom is 0.256 e. The zero-order valence-corrected chi connectivity index (χ0v) is 16.2. The van der Waals surface area contributed by atoms with Gasteiger partial charge in [-0.05, 0) is 57.5 Å². The van der Waals surface area contributed by atoms with Crippen LogP contribution in [0.5, 0.6) is 0 Å². The van der Waals surface area contributed by atoms with Gasteiger partial charge in [0.25, 0.3) is 5.91 Å². The van der Waals surface area contributed by atoms with Crippen LogP contribution in [-0.2, 0) is 0 Å². The number of piperidine rings is 1. The first-order valence-corrected chi connectivity index (χ1v) is 10.3. The number of aliphatic hydroxyl groups is 1. The standard InChI is InChI=1S/C20H31N5O2/c1-24(12-15-3-7-21-8-4-15)18(27)17-10-22-19(23-11-17)25-13-16(14-26)9-20(25)5-2-6-20/h10-11,15-16,21,26H,2-9,12-14H2,1H3. The Hall–Kier alpha value is -1.73. The maximum absolute atomic E-state index is 12.7. The third-order valence-corrected chi connectivity index (χ3v) is 6.69. The summed E-state index contributed by atoms with van der Waals surface area (Å²) in [5.74, 6) is 1.56. The molecular formula is C20H31N5O2. The van der Waals surface area contributed by atoms with Crippen LogP contribution in [-0.4, -0.2) is 71.3 Å². The minimum Gasteiger partial charge on any atom is -0.396 e. The van der Waals surface area contributed by atoms with Crippen LogP contribution in [0.25, 0.3) is 0 Å². The number of hydrogen-bond donors (Lipinski definition) is 2. The van der Waals surface area contributed by atoms with Crippen LogP contribution in [0.15, 0.2) is 12.4 Å². The SMILES string of the molecule is CN(CC1CCNCC1)C(=O)c1cnc(N2CC(CO)CC23CCC3)nc1. The summed E-state index contributed by atoms with van der Waals surface area (Å²) in [4.78, 5) is 25.9. The Morgan fingerprint density at radius 3 is 2.59 bits per heavy atom. The molecule has 1 saturated carbocycles. The summed E-state index contributed by atoms with van der Waals surface area (Å²) in [7, 11) is 1.87. The molecular weight excluding hydrogens is 342 g/mol. The number of carbonyl (C=O) groups excluding carboxylic acids is 1. The first-order chi connectivity index (χ1) is 13.1. The fraction of sp³-hybridized carbons (Fsp3) is 0.750. The highest BCUT2D eigenvalue weighted by molar-refractivity contribution is 5.93. The van der Waals surface area contributed by atoms with Gasteiger partial charge in [0.2, 0.25) is 5.95 Å². The molecule has 3 aliphatic rings. The van der Waals surface area contributed by atoms with Gasteiger partial charge in [-0.25, -0.2) is 9.97 Å². The fourth-order valence-corrected chi connectivity index (χ4v) is 4.96. The Morgan fingerprint density at radius 2 is 2.00 bits per heavy atom. The van der Waals surface area contributed by atoms with Crippen molar-refractivity contribution in [2.24, 2.45) is 11.8 Å². The van der Waals surface area contributed by atoms with E-state index in [1.54, 1.807) is 17.3 Å². The van der Waals surface area contributed by atoms with Gasteiger partial charge < -0.3 is 20.2 Å². The minimum atomic E-state index is -0.00639. The molecule has 3 heterocycles. The second kappa shape index (κ2) is 7.72. The maximum atomic E-state index is 12.7. The van der Waals surface area contributed by atoms with E-state index in [-0.39, 0.29) is 18.1 Å². The van der Waals surface area contributed by atoms with E-state index in [1.165, 1.54) is 6.42 Å². The number of anilines is 1. The molecule has 1 spiro atoms. The van der Waals surface area contributed by atoms with Crippen molar-refractivity contribution in [3.05, 3.63) is 18.0 Å². The normalized spacial score (nSPS) is 24.8. The molecule has 7 nitrogen and oxygen atoms in total. The molecule has 1 aromatic rings. The van der Waals surface area contributed by atoms with Crippen LogP contribution >= 0.6 is 0 Å². The third kappa shape index (κ3) is 3.67. The first-order valence-electron chi connectivity index (χ1n) is 10.3. The zero-order chi connectivity index (χ0) is 18.9. The number of amides is 1. The second-order valence-electron chi connectivity index (χ2n) is 8.59. The average molecular weight is 374 g/mol. The summed E-state index contributed by atoms with van der Waals surface area (Å²) >= 11 is 0. The molecule has 2 saturated heterocycles. The highest BCUT2D eigenvalue weighted by atomic mass is 16.3.